The molecule has 0 radical (unpaired) electrons. The highest BCUT2D eigenvalue weighted by molar-refractivity contribution is 5.77. The first-order valence-electron chi connectivity index (χ1n) is 17.2. The molecule has 246 valence electrons. The van der Waals surface area contributed by atoms with E-state index in [0.29, 0.717) is 12.8 Å². The fourth-order valence-electron chi connectivity index (χ4n) is 4.18. The molecule has 0 aliphatic carbocycles. The minimum Gasteiger partial charge on any atom is -0.479 e. The number of hydrogen-bond acceptors (Lipinski definition) is 3. The second kappa shape index (κ2) is 34.4. The van der Waals surface area contributed by atoms with Crippen molar-refractivity contribution in [2.75, 3.05) is 0 Å². The molecule has 0 heterocycles. The smallest absolute Gasteiger partial charge is 0.345 e. The van der Waals surface area contributed by atoms with Gasteiger partial charge in [-0.15, -0.1) is 0 Å². The molecule has 1 atom stereocenters. The number of esters is 1. The van der Waals surface area contributed by atoms with Gasteiger partial charge in [0, 0.05) is 6.42 Å². The summed E-state index contributed by atoms with van der Waals surface area (Å²) < 4.78 is 5.22. The van der Waals surface area contributed by atoms with Crippen molar-refractivity contribution >= 4 is 11.9 Å². The summed E-state index contributed by atoms with van der Waals surface area (Å²) in [5, 5.41) is 9.42. The highest BCUT2D eigenvalue weighted by atomic mass is 16.6. The van der Waals surface area contributed by atoms with Crippen LogP contribution in [0.1, 0.15) is 136 Å². The number of allylic oxidation sites excluding steroid dienone is 16. The molecule has 0 fully saturated rings. The average Bonchev–Trinajstić information content (AvgIpc) is 3.01. The molecular weight excluding hydrogens is 544 g/mol. The lowest BCUT2D eigenvalue weighted by molar-refractivity contribution is -0.164. The van der Waals surface area contributed by atoms with E-state index in [1.165, 1.54) is 51.4 Å². The van der Waals surface area contributed by atoms with Gasteiger partial charge < -0.3 is 9.84 Å². The zero-order chi connectivity index (χ0) is 32.2. The summed E-state index contributed by atoms with van der Waals surface area (Å²) in [7, 11) is 0. The molecule has 0 aliphatic heterocycles. The van der Waals surface area contributed by atoms with E-state index in [1.807, 2.05) is 12.2 Å². The van der Waals surface area contributed by atoms with E-state index in [-0.39, 0.29) is 12.8 Å². The molecule has 0 aromatic heterocycles. The van der Waals surface area contributed by atoms with Gasteiger partial charge in [-0.05, 0) is 89.9 Å². The molecule has 0 aromatic carbocycles. The van der Waals surface area contributed by atoms with E-state index in [2.05, 4.69) is 98.9 Å². The lowest BCUT2D eigenvalue weighted by Crippen LogP contribution is -2.26. The van der Waals surface area contributed by atoms with Gasteiger partial charge in [0.1, 0.15) is 0 Å². The molecular formula is C40H62O4. The molecule has 4 heteroatoms. The van der Waals surface area contributed by atoms with Crippen molar-refractivity contribution in [2.45, 2.75) is 142 Å². The van der Waals surface area contributed by atoms with Crippen molar-refractivity contribution in [2.24, 2.45) is 0 Å². The number of carboxylic acids is 1. The van der Waals surface area contributed by atoms with Crippen LogP contribution in [-0.2, 0) is 14.3 Å². The SMILES string of the molecule is CCCCC/C=C\C/C=C\C/C=C\C/C=C\CCC(OC(=O)CCC/C=C\C/C=C/C/C=C/C/C=C/CCCCC)C(=O)O. The normalized spacial score (nSPS) is 13.5. The van der Waals surface area contributed by atoms with Crippen LogP contribution in [0.5, 0.6) is 0 Å². The summed E-state index contributed by atoms with van der Waals surface area (Å²) in [6.07, 6.45) is 51.5. The maximum absolute atomic E-state index is 12.1. The molecule has 0 aromatic rings. The Bertz CT molecular complexity index is 914. The number of hydrogen-bond donors (Lipinski definition) is 1. The van der Waals surface area contributed by atoms with E-state index in [1.54, 1.807) is 0 Å². The van der Waals surface area contributed by atoms with Gasteiger partial charge in [0.05, 0.1) is 0 Å². The molecule has 0 aliphatic rings. The van der Waals surface area contributed by atoms with Crippen LogP contribution < -0.4 is 0 Å². The van der Waals surface area contributed by atoms with Gasteiger partial charge in [-0.3, -0.25) is 4.79 Å². The molecule has 0 amide bonds. The van der Waals surface area contributed by atoms with Crippen LogP contribution in [-0.4, -0.2) is 23.1 Å². The molecule has 0 bridgehead atoms. The van der Waals surface area contributed by atoms with Gasteiger partial charge in [-0.25, -0.2) is 4.79 Å². The zero-order valence-corrected chi connectivity index (χ0v) is 27.9. The first-order valence-corrected chi connectivity index (χ1v) is 17.2. The van der Waals surface area contributed by atoms with Gasteiger partial charge in [-0.1, -0.05) is 137 Å². The average molecular weight is 607 g/mol. The van der Waals surface area contributed by atoms with Crippen LogP contribution in [0.15, 0.2) is 97.2 Å². The van der Waals surface area contributed by atoms with E-state index in [9.17, 15) is 14.7 Å². The molecule has 0 rings (SSSR count). The monoisotopic (exact) mass is 606 g/mol. The van der Waals surface area contributed by atoms with Crippen molar-refractivity contribution in [3.05, 3.63) is 97.2 Å². The van der Waals surface area contributed by atoms with E-state index >= 15 is 0 Å². The minimum absolute atomic E-state index is 0.228. The lowest BCUT2D eigenvalue weighted by atomic mass is 10.1. The number of aliphatic carboxylic acids is 1. The third-order valence-corrected chi connectivity index (χ3v) is 6.81. The van der Waals surface area contributed by atoms with Crippen molar-refractivity contribution in [3.63, 3.8) is 0 Å². The first kappa shape index (κ1) is 40.9. The Balaban J connectivity index is 3.90. The molecule has 4 nitrogen and oxygen atoms in total. The first-order chi connectivity index (χ1) is 21.6. The van der Waals surface area contributed by atoms with Crippen molar-refractivity contribution < 1.29 is 19.4 Å². The summed E-state index contributed by atoms with van der Waals surface area (Å²) in [5.74, 6) is -1.53. The third kappa shape index (κ3) is 31.8. The fourth-order valence-corrected chi connectivity index (χ4v) is 4.18. The predicted molar refractivity (Wildman–Crippen MR) is 190 cm³/mol. The summed E-state index contributed by atoms with van der Waals surface area (Å²) in [6, 6.07) is 0. The number of rotatable bonds is 29. The van der Waals surface area contributed by atoms with Crippen LogP contribution in [0.25, 0.3) is 0 Å². The molecule has 44 heavy (non-hydrogen) atoms. The predicted octanol–water partition coefficient (Wildman–Crippen LogP) is 11.9. The lowest BCUT2D eigenvalue weighted by Gasteiger charge is -2.12. The Morgan fingerprint density at radius 3 is 1.20 bits per heavy atom. The number of ether oxygens (including phenoxy) is 1. The second-order valence-corrected chi connectivity index (χ2v) is 11.0. The Labute approximate surface area is 270 Å². The molecule has 1 unspecified atom stereocenters. The number of carbonyl (C=O) groups excluding carboxylic acids is 1. The number of carboxylic acid groups (broad SMARTS) is 1. The van der Waals surface area contributed by atoms with Crippen molar-refractivity contribution in [3.8, 4) is 0 Å². The Hall–Kier alpha value is -3.14. The molecule has 0 spiro atoms. The van der Waals surface area contributed by atoms with Gasteiger partial charge in [0.25, 0.3) is 0 Å². The Morgan fingerprint density at radius 1 is 0.500 bits per heavy atom. The summed E-state index contributed by atoms with van der Waals surface area (Å²) in [4.78, 5) is 23.6. The highest BCUT2D eigenvalue weighted by Crippen LogP contribution is 2.09. The third-order valence-electron chi connectivity index (χ3n) is 6.81. The summed E-state index contributed by atoms with van der Waals surface area (Å²) in [6.45, 7) is 4.45. The molecule has 0 saturated carbocycles. The zero-order valence-electron chi connectivity index (χ0n) is 27.9. The van der Waals surface area contributed by atoms with E-state index in [0.717, 1.165) is 44.9 Å². The number of carbonyl (C=O) groups is 2. The Kier molecular flexibility index (Phi) is 31.9. The van der Waals surface area contributed by atoms with Crippen molar-refractivity contribution in [1.82, 2.24) is 0 Å². The van der Waals surface area contributed by atoms with Gasteiger partial charge in [-0.2, -0.15) is 0 Å². The standard InChI is InChI=1S/C40H62O4/c1-3-5-7-9-11-13-15-17-19-21-23-25-27-29-31-33-35-37-39(41)44-38(40(42)43)36-34-32-30-28-26-24-22-20-18-16-14-12-10-8-6-4-2/h11-14,17-20,23-26,29-32,38H,3-10,15-16,21-22,27-28,33-37H2,1-2H3,(H,42,43)/b13-11+,14-12-,19-17+,20-18-,25-23+,26-24-,31-29-,32-30-. The van der Waals surface area contributed by atoms with Crippen LogP contribution in [0, 0.1) is 0 Å². The quantitative estimate of drug-likeness (QED) is 0.0522. The molecule has 1 N–H and O–H groups in total. The summed E-state index contributed by atoms with van der Waals surface area (Å²) in [5.41, 5.74) is 0. The topological polar surface area (TPSA) is 63.6 Å². The maximum atomic E-state index is 12.1. The van der Waals surface area contributed by atoms with Gasteiger partial charge in [0.2, 0.25) is 0 Å². The largest absolute Gasteiger partial charge is 0.479 e. The fraction of sp³-hybridized carbons (Fsp3) is 0.550. The number of unbranched alkanes of at least 4 members (excludes halogenated alkanes) is 7. The minimum atomic E-state index is -1.09. The van der Waals surface area contributed by atoms with E-state index < -0.39 is 18.0 Å². The van der Waals surface area contributed by atoms with Crippen LogP contribution >= 0.6 is 0 Å². The Morgan fingerprint density at radius 2 is 0.841 bits per heavy atom. The van der Waals surface area contributed by atoms with Crippen LogP contribution in [0.4, 0.5) is 0 Å². The summed E-state index contributed by atoms with van der Waals surface area (Å²) >= 11 is 0. The highest BCUT2D eigenvalue weighted by Gasteiger charge is 2.20. The van der Waals surface area contributed by atoms with Gasteiger partial charge in [0.15, 0.2) is 6.10 Å². The van der Waals surface area contributed by atoms with Crippen molar-refractivity contribution in [1.29, 1.82) is 0 Å². The second-order valence-electron chi connectivity index (χ2n) is 11.0. The maximum Gasteiger partial charge on any atom is 0.345 e. The van der Waals surface area contributed by atoms with E-state index in [4.69, 9.17) is 4.74 Å². The van der Waals surface area contributed by atoms with Crippen LogP contribution in [0.2, 0.25) is 0 Å². The molecule has 0 saturated heterocycles. The van der Waals surface area contributed by atoms with Crippen LogP contribution in [0.3, 0.4) is 0 Å². The van der Waals surface area contributed by atoms with Gasteiger partial charge >= 0.3 is 11.9 Å².